The zero-order valence-electron chi connectivity index (χ0n) is 25.7. The molecule has 2 aromatic carbocycles. The zero-order chi connectivity index (χ0) is 30.6. The molecule has 0 amide bonds. The van der Waals surface area contributed by atoms with Crippen LogP contribution < -0.4 is 9.47 Å². The Kier molecular flexibility index (Phi) is 8.95. The van der Waals surface area contributed by atoms with Crippen molar-refractivity contribution in [2.45, 2.75) is 53.2 Å². The Morgan fingerprint density at radius 3 is 2.77 bits per heavy atom. The highest BCUT2D eigenvalue weighted by Gasteiger charge is 2.24. The summed E-state index contributed by atoms with van der Waals surface area (Å²) in [6.07, 6.45) is 4.78. The first-order valence-electron chi connectivity index (χ1n) is 15.5. The van der Waals surface area contributed by atoms with Crippen LogP contribution in [0.25, 0.3) is 17.1 Å². The van der Waals surface area contributed by atoms with E-state index in [2.05, 4.69) is 29.1 Å². The summed E-state index contributed by atoms with van der Waals surface area (Å²) in [7, 11) is 0. The highest BCUT2D eigenvalue weighted by molar-refractivity contribution is 5.90. The van der Waals surface area contributed by atoms with Crippen LogP contribution in [0, 0.1) is 19.8 Å². The number of carbonyl (C=O) groups is 1. The number of hydrogen-bond donors (Lipinski definition) is 1. The molecule has 4 aromatic rings. The molecule has 9 heteroatoms. The summed E-state index contributed by atoms with van der Waals surface area (Å²) in [5.74, 6) is 0.924. The number of carboxylic acid groups (broad SMARTS) is 1. The molecule has 0 bridgehead atoms. The summed E-state index contributed by atoms with van der Waals surface area (Å²) in [6, 6.07) is 16.1. The van der Waals surface area contributed by atoms with Gasteiger partial charge in [0.15, 0.2) is 5.82 Å². The van der Waals surface area contributed by atoms with Crippen molar-refractivity contribution < 1.29 is 24.1 Å². The Balaban J connectivity index is 1.21. The number of para-hydroxylation sites is 1. The lowest BCUT2D eigenvalue weighted by atomic mass is 9.91. The van der Waals surface area contributed by atoms with E-state index in [4.69, 9.17) is 19.2 Å². The summed E-state index contributed by atoms with van der Waals surface area (Å²) in [6.45, 7) is 11.8. The van der Waals surface area contributed by atoms with E-state index in [-0.39, 0.29) is 11.4 Å². The number of nitrogens with zero attached hydrogens (tertiary/aromatic N) is 4. The first-order valence-corrected chi connectivity index (χ1v) is 15.5. The third-order valence-electron chi connectivity index (χ3n) is 8.70. The lowest BCUT2D eigenvalue weighted by Crippen LogP contribution is -2.37. The van der Waals surface area contributed by atoms with Gasteiger partial charge in [-0.3, -0.25) is 4.90 Å². The van der Waals surface area contributed by atoms with E-state index in [0.717, 1.165) is 56.1 Å². The minimum absolute atomic E-state index is 0.00872. The Hall–Kier alpha value is -4.21. The normalized spacial score (nSPS) is 16.8. The molecule has 1 unspecified atom stereocenters. The number of hydrogen-bond acceptors (Lipinski definition) is 7. The molecule has 1 fully saturated rings. The van der Waals surface area contributed by atoms with Crippen LogP contribution in [0.5, 0.6) is 11.6 Å². The molecule has 2 aliphatic heterocycles. The monoisotopic (exact) mass is 596 g/mol. The van der Waals surface area contributed by atoms with Crippen molar-refractivity contribution in [3.05, 3.63) is 88.1 Å². The van der Waals surface area contributed by atoms with Crippen LogP contribution in [-0.4, -0.2) is 63.7 Å². The standard InChI is InChI=1S/C35H40N4O5/c1-4-43-34-30(35(40)41)18-36-39(34)32-12-6-11-31(37-32)29-10-5-8-23(2)33(29)44-22-27-14-13-26-20-38(16-15-28(26)24(27)3)19-25-9-7-17-42-21-25/h5-6,8,10-14,18,25H,4,7,9,15-17,19-22H2,1-3H3,(H,40,41). The summed E-state index contributed by atoms with van der Waals surface area (Å²) < 4.78 is 19.3. The van der Waals surface area contributed by atoms with Crippen LogP contribution in [0.4, 0.5) is 0 Å². The minimum Gasteiger partial charge on any atom is -0.488 e. The number of fused-ring (bicyclic) bond motifs is 1. The highest BCUT2D eigenvalue weighted by atomic mass is 16.5. The minimum atomic E-state index is -1.10. The Morgan fingerprint density at radius 1 is 1.11 bits per heavy atom. The maximum Gasteiger partial charge on any atom is 0.342 e. The van der Waals surface area contributed by atoms with Gasteiger partial charge in [-0.1, -0.05) is 30.3 Å². The Labute approximate surface area is 258 Å². The van der Waals surface area contributed by atoms with E-state index in [9.17, 15) is 9.90 Å². The van der Waals surface area contributed by atoms with Gasteiger partial charge in [0, 0.05) is 31.8 Å². The van der Waals surface area contributed by atoms with E-state index in [0.29, 0.717) is 30.6 Å². The molecule has 4 heterocycles. The van der Waals surface area contributed by atoms with Crippen molar-refractivity contribution >= 4 is 5.97 Å². The molecule has 6 rings (SSSR count). The number of carboxylic acids is 1. The Morgan fingerprint density at radius 2 is 1.98 bits per heavy atom. The summed E-state index contributed by atoms with van der Waals surface area (Å²) in [5, 5.41) is 13.8. The second kappa shape index (κ2) is 13.2. The fourth-order valence-corrected chi connectivity index (χ4v) is 6.39. The van der Waals surface area contributed by atoms with Crippen LogP contribution in [0.1, 0.15) is 57.9 Å². The van der Waals surface area contributed by atoms with Crippen molar-refractivity contribution in [2.24, 2.45) is 5.92 Å². The molecule has 0 aliphatic carbocycles. The van der Waals surface area contributed by atoms with Crippen molar-refractivity contribution in [2.75, 3.05) is 32.9 Å². The fraction of sp³-hybridized carbons (Fsp3) is 0.400. The predicted molar refractivity (Wildman–Crippen MR) is 168 cm³/mol. The molecule has 0 spiro atoms. The fourth-order valence-electron chi connectivity index (χ4n) is 6.39. The predicted octanol–water partition coefficient (Wildman–Crippen LogP) is 6.01. The summed E-state index contributed by atoms with van der Waals surface area (Å²) >= 11 is 0. The number of rotatable bonds is 10. The van der Waals surface area contributed by atoms with Gasteiger partial charge in [0.2, 0.25) is 5.88 Å². The first-order chi connectivity index (χ1) is 21.4. The summed E-state index contributed by atoms with van der Waals surface area (Å²) in [4.78, 5) is 19.1. The number of ether oxygens (including phenoxy) is 3. The lowest BCUT2D eigenvalue weighted by Gasteiger charge is -2.34. The smallest absolute Gasteiger partial charge is 0.342 e. The van der Waals surface area contributed by atoms with Gasteiger partial charge in [0.1, 0.15) is 17.9 Å². The van der Waals surface area contributed by atoms with Gasteiger partial charge in [-0.25, -0.2) is 9.78 Å². The molecule has 0 saturated carbocycles. The van der Waals surface area contributed by atoms with Gasteiger partial charge in [-0.2, -0.15) is 9.78 Å². The van der Waals surface area contributed by atoms with Gasteiger partial charge in [0.05, 0.1) is 25.1 Å². The second-order valence-electron chi connectivity index (χ2n) is 11.7. The van der Waals surface area contributed by atoms with E-state index in [1.54, 1.807) is 13.0 Å². The maximum absolute atomic E-state index is 11.7. The number of pyridine rings is 1. The van der Waals surface area contributed by atoms with E-state index < -0.39 is 5.97 Å². The molecular weight excluding hydrogens is 556 g/mol. The Bertz CT molecular complexity index is 1640. The number of benzene rings is 2. The quantitative estimate of drug-likeness (QED) is 0.238. The van der Waals surface area contributed by atoms with Crippen LogP contribution in [0.15, 0.2) is 54.7 Å². The average molecular weight is 597 g/mol. The van der Waals surface area contributed by atoms with Crippen molar-refractivity contribution in [1.82, 2.24) is 19.7 Å². The van der Waals surface area contributed by atoms with Crippen molar-refractivity contribution in [3.8, 4) is 28.7 Å². The van der Waals surface area contributed by atoms with E-state index in [1.807, 2.05) is 37.3 Å². The van der Waals surface area contributed by atoms with Gasteiger partial charge in [-0.05, 0) is 92.0 Å². The molecule has 44 heavy (non-hydrogen) atoms. The molecule has 1 atom stereocenters. The number of aromatic nitrogens is 3. The lowest BCUT2D eigenvalue weighted by molar-refractivity contribution is 0.0364. The molecule has 1 saturated heterocycles. The van der Waals surface area contributed by atoms with E-state index in [1.165, 1.54) is 46.0 Å². The van der Waals surface area contributed by atoms with Crippen LogP contribution >= 0.6 is 0 Å². The van der Waals surface area contributed by atoms with Crippen molar-refractivity contribution in [3.63, 3.8) is 0 Å². The SMILES string of the molecule is CCOc1c(C(=O)O)cnn1-c1cccc(-c2cccc(C)c2OCc2ccc3c(c2C)CCN(CC2CCCOC2)C3)n1. The molecule has 9 nitrogen and oxygen atoms in total. The van der Waals surface area contributed by atoms with E-state index >= 15 is 0 Å². The molecule has 2 aliphatic rings. The molecule has 230 valence electrons. The molecule has 2 aromatic heterocycles. The van der Waals surface area contributed by atoms with Crippen LogP contribution in [-0.2, 0) is 24.3 Å². The highest BCUT2D eigenvalue weighted by Crippen LogP contribution is 2.34. The van der Waals surface area contributed by atoms with Crippen LogP contribution in [0.2, 0.25) is 0 Å². The second-order valence-corrected chi connectivity index (χ2v) is 11.7. The topological polar surface area (TPSA) is 98.9 Å². The molecule has 1 N–H and O–H groups in total. The number of aromatic carboxylic acids is 1. The third kappa shape index (κ3) is 6.21. The largest absolute Gasteiger partial charge is 0.488 e. The van der Waals surface area contributed by atoms with Gasteiger partial charge in [-0.15, -0.1) is 0 Å². The molecule has 0 radical (unpaired) electrons. The average Bonchev–Trinajstić information content (AvgIpc) is 3.46. The summed E-state index contributed by atoms with van der Waals surface area (Å²) in [5.41, 5.74) is 7.92. The third-order valence-corrected chi connectivity index (χ3v) is 8.70. The first kappa shape index (κ1) is 29.8. The molecular formula is C35H40N4O5. The van der Waals surface area contributed by atoms with Crippen molar-refractivity contribution in [1.29, 1.82) is 0 Å². The van der Waals surface area contributed by atoms with Gasteiger partial charge < -0.3 is 19.3 Å². The number of aryl methyl sites for hydroxylation is 1. The van der Waals surface area contributed by atoms with Gasteiger partial charge >= 0.3 is 5.97 Å². The maximum atomic E-state index is 11.7. The zero-order valence-corrected chi connectivity index (χ0v) is 25.7. The van der Waals surface area contributed by atoms with Gasteiger partial charge in [0.25, 0.3) is 0 Å². The van der Waals surface area contributed by atoms with Crippen LogP contribution in [0.3, 0.4) is 0 Å².